The van der Waals surface area contributed by atoms with Crippen LogP contribution in [0.1, 0.15) is 12.5 Å². The number of hydrogen-bond acceptors (Lipinski definition) is 4. The number of halogens is 1. The molecule has 0 aliphatic carbocycles. The predicted octanol–water partition coefficient (Wildman–Crippen LogP) is 2.44. The average molecular weight is 427 g/mol. The van der Waals surface area contributed by atoms with Crippen LogP contribution in [0.5, 0.6) is 5.75 Å². The zero-order chi connectivity index (χ0) is 18.4. The van der Waals surface area contributed by atoms with Crippen LogP contribution in [0.2, 0.25) is 0 Å². The third-order valence-electron chi connectivity index (χ3n) is 3.44. The van der Waals surface area contributed by atoms with Crippen LogP contribution >= 0.6 is 15.9 Å². The van der Waals surface area contributed by atoms with Gasteiger partial charge >= 0.3 is 0 Å². The molecule has 1 atom stereocenters. The largest absolute Gasteiger partial charge is 0.481 e. The standard InChI is InChI=1S/C17H19BrN2O4S/c1-12(24-15-8-6-14(18)7-9-15)17(21)20-11-13-4-3-5-16(10-13)25(22,23)19-2/h3-10,12,19H,11H2,1-2H3,(H,20,21). The van der Waals surface area contributed by atoms with Gasteiger partial charge in [0.05, 0.1) is 4.90 Å². The minimum atomic E-state index is -3.51. The Bertz CT molecular complexity index is 838. The lowest BCUT2D eigenvalue weighted by atomic mass is 10.2. The molecule has 134 valence electrons. The molecule has 2 rings (SSSR count). The molecule has 0 saturated carbocycles. The van der Waals surface area contributed by atoms with Gasteiger partial charge in [0.15, 0.2) is 6.10 Å². The fraction of sp³-hybridized carbons (Fsp3) is 0.235. The minimum absolute atomic E-state index is 0.154. The first kappa shape index (κ1) is 19.4. The highest BCUT2D eigenvalue weighted by atomic mass is 79.9. The number of amides is 1. The molecule has 2 N–H and O–H groups in total. The number of hydrogen-bond donors (Lipinski definition) is 2. The van der Waals surface area contributed by atoms with Crippen molar-refractivity contribution in [3.8, 4) is 5.75 Å². The monoisotopic (exact) mass is 426 g/mol. The van der Waals surface area contributed by atoms with Crippen molar-refractivity contribution in [3.63, 3.8) is 0 Å². The number of carbonyl (C=O) groups excluding carboxylic acids is 1. The molecule has 0 fully saturated rings. The highest BCUT2D eigenvalue weighted by Crippen LogP contribution is 2.17. The van der Waals surface area contributed by atoms with Crippen LogP contribution in [-0.2, 0) is 21.4 Å². The van der Waals surface area contributed by atoms with E-state index in [9.17, 15) is 13.2 Å². The molecule has 2 aromatic carbocycles. The second-order valence-electron chi connectivity index (χ2n) is 5.29. The smallest absolute Gasteiger partial charge is 0.261 e. The van der Waals surface area contributed by atoms with Gasteiger partial charge in [-0.2, -0.15) is 0 Å². The van der Waals surface area contributed by atoms with Crippen molar-refractivity contribution in [2.24, 2.45) is 0 Å². The maximum atomic E-state index is 12.1. The maximum Gasteiger partial charge on any atom is 0.261 e. The lowest BCUT2D eigenvalue weighted by Crippen LogP contribution is -2.35. The van der Waals surface area contributed by atoms with E-state index in [1.54, 1.807) is 31.2 Å². The highest BCUT2D eigenvalue weighted by molar-refractivity contribution is 9.10. The Morgan fingerprint density at radius 1 is 1.20 bits per heavy atom. The summed E-state index contributed by atoms with van der Waals surface area (Å²) >= 11 is 3.33. The van der Waals surface area contributed by atoms with Crippen molar-refractivity contribution in [3.05, 3.63) is 58.6 Å². The fourth-order valence-corrected chi connectivity index (χ4v) is 3.11. The van der Waals surface area contributed by atoms with Gasteiger partial charge in [-0.3, -0.25) is 4.79 Å². The normalized spacial score (nSPS) is 12.4. The number of rotatable bonds is 7. The van der Waals surface area contributed by atoms with E-state index in [0.29, 0.717) is 11.3 Å². The first-order valence-corrected chi connectivity index (χ1v) is 9.82. The molecule has 2 aromatic rings. The van der Waals surface area contributed by atoms with Crippen LogP contribution in [0.4, 0.5) is 0 Å². The van der Waals surface area contributed by atoms with Crippen LogP contribution < -0.4 is 14.8 Å². The Labute approximate surface area is 155 Å². The second-order valence-corrected chi connectivity index (χ2v) is 8.09. The van der Waals surface area contributed by atoms with Crippen molar-refractivity contribution in [1.82, 2.24) is 10.0 Å². The van der Waals surface area contributed by atoms with Gasteiger partial charge in [-0.15, -0.1) is 0 Å². The molecular weight excluding hydrogens is 408 g/mol. The van der Waals surface area contributed by atoms with E-state index in [4.69, 9.17) is 4.74 Å². The van der Waals surface area contributed by atoms with Crippen molar-refractivity contribution < 1.29 is 17.9 Å². The number of sulfonamides is 1. The Hall–Kier alpha value is -1.90. The fourth-order valence-electron chi connectivity index (χ4n) is 2.04. The summed E-state index contributed by atoms with van der Waals surface area (Å²) in [4.78, 5) is 12.3. The van der Waals surface area contributed by atoms with Crippen molar-refractivity contribution in [1.29, 1.82) is 0 Å². The van der Waals surface area contributed by atoms with E-state index in [1.165, 1.54) is 19.2 Å². The highest BCUT2D eigenvalue weighted by Gasteiger charge is 2.15. The molecule has 0 saturated heterocycles. The first-order valence-electron chi connectivity index (χ1n) is 7.54. The number of ether oxygens (including phenoxy) is 1. The van der Waals surface area contributed by atoms with Crippen LogP contribution in [-0.4, -0.2) is 27.5 Å². The van der Waals surface area contributed by atoms with Crippen LogP contribution in [0.25, 0.3) is 0 Å². The van der Waals surface area contributed by atoms with Gasteiger partial charge in [0.1, 0.15) is 5.75 Å². The van der Waals surface area contributed by atoms with Gasteiger partial charge < -0.3 is 10.1 Å². The van der Waals surface area contributed by atoms with E-state index < -0.39 is 16.1 Å². The first-order chi connectivity index (χ1) is 11.8. The summed E-state index contributed by atoms with van der Waals surface area (Å²) in [7, 11) is -2.16. The molecule has 1 amide bonds. The molecule has 0 aliphatic heterocycles. The second kappa shape index (κ2) is 8.46. The molecule has 8 heteroatoms. The lowest BCUT2D eigenvalue weighted by molar-refractivity contribution is -0.127. The minimum Gasteiger partial charge on any atom is -0.481 e. The number of carbonyl (C=O) groups is 1. The summed E-state index contributed by atoms with van der Waals surface area (Å²) in [6.45, 7) is 1.86. The molecule has 0 radical (unpaired) electrons. The zero-order valence-electron chi connectivity index (χ0n) is 13.8. The Balaban J connectivity index is 1.95. The summed E-state index contributed by atoms with van der Waals surface area (Å²) in [6, 6.07) is 13.6. The third-order valence-corrected chi connectivity index (χ3v) is 5.38. The molecule has 0 aromatic heterocycles. The molecule has 6 nitrogen and oxygen atoms in total. The maximum absolute atomic E-state index is 12.1. The van der Waals surface area contributed by atoms with Gasteiger partial charge in [-0.05, 0) is 55.9 Å². The number of nitrogens with one attached hydrogen (secondary N) is 2. The molecule has 0 spiro atoms. The van der Waals surface area contributed by atoms with Crippen molar-refractivity contribution in [2.75, 3.05) is 7.05 Å². The van der Waals surface area contributed by atoms with E-state index in [-0.39, 0.29) is 17.3 Å². The molecule has 0 heterocycles. The van der Waals surface area contributed by atoms with Gasteiger partial charge in [0.25, 0.3) is 5.91 Å². The summed E-state index contributed by atoms with van der Waals surface area (Å²) < 4.78 is 32.4. The van der Waals surface area contributed by atoms with Crippen LogP contribution in [0, 0.1) is 0 Å². The van der Waals surface area contributed by atoms with Gasteiger partial charge in [-0.25, -0.2) is 13.1 Å². The Morgan fingerprint density at radius 2 is 1.88 bits per heavy atom. The molecule has 0 bridgehead atoms. The third kappa shape index (κ3) is 5.55. The molecule has 1 unspecified atom stereocenters. The van der Waals surface area contributed by atoms with E-state index in [1.807, 2.05) is 12.1 Å². The summed E-state index contributed by atoms with van der Waals surface area (Å²) in [5, 5.41) is 2.74. The van der Waals surface area contributed by atoms with E-state index in [2.05, 4.69) is 26.0 Å². The summed E-state index contributed by atoms with van der Waals surface area (Å²) in [5.41, 5.74) is 0.681. The summed E-state index contributed by atoms with van der Waals surface area (Å²) in [5.74, 6) is 0.303. The van der Waals surface area contributed by atoms with Gasteiger partial charge in [-0.1, -0.05) is 28.1 Å². The zero-order valence-corrected chi connectivity index (χ0v) is 16.2. The Kier molecular flexibility index (Phi) is 6.57. The van der Waals surface area contributed by atoms with Gasteiger partial charge in [0, 0.05) is 11.0 Å². The molecule has 0 aliphatic rings. The Morgan fingerprint density at radius 3 is 2.52 bits per heavy atom. The van der Waals surface area contributed by atoms with Crippen molar-refractivity contribution >= 4 is 31.9 Å². The summed E-state index contributed by atoms with van der Waals surface area (Å²) in [6.07, 6.45) is -0.676. The number of benzene rings is 2. The lowest BCUT2D eigenvalue weighted by Gasteiger charge is -2.15. The van der Waals surface area contributed by atoms with Crippen LogP contribution in [0.15, 0.2) is 57.9 Å². The predicted molar refractivity (Wildman–Crippen MR) is 98.8 cm³/mol. The van der Waals surface area contributed by atoms with E-state index in [0.717, 1.165) is 4.47 Å². The van der Waals surface area contributed by atoms with Crippen LogP contribution in [0.3, 0.4) is 0 Å². The topological polar surface area (TPSA) is 84.5 Å². The van der Waals surface area contributed by atoms with Crippen molar-refractivity contribution in [2.45, 2.75) is 24.5 Å². The SMILES string of the molecule is CNS(=O)(=O)c1cccc(CNC(=O)C(C)Oc2ccc(Br)cc2)c1. The molecular formula is C17H19BrN2O4S. The van der Waals surface area contributed by atoms with Gasteiger partial charge in [0.2, 0.25) is 10.0 Å². The quantitative estimate of drug-likeness (QED) is 0.711. The molecule has 25 heavy (non-hydrogen) atoms. The average Bonchev–Trinajstić information content (AvgIpc) is 2.61. The van der Waals surface area contributed by atoms with E-state index >= 15 is 0 Å².